The summed E-state index contributed by atoms with van der Waals surface area (Å²) in [4.78, 5) is 32.0. The Bertz CT molecular complexity index is 870. The van der Waals surface area contributed by atoms with Crippen molar-refractivity contribution in [2.45, 2.75) is 57.1 Å². The standard InChI is InChI=1S/C19H25N3O2S2/c1-3-5-6-11-22-18(24)16-13-8-7-9-14(13)26-17(16)21-19(22)25-12-15(23)20-10-4-2/h4H,2-3,5-12H2,1H3,(H,20,23). The molecule has 0 bridgehead atoms. The molecule has 1 aliphatic rings. The number of fused-ring (bicyclic) bond motifs is 3. The SMILES string of the molecule is C=CCNC(=O)CSc1nc2sc3c(c2c(=O)n1CCCCC)CCC3. The number of aryl methyl sites for hydroxylation is 2. The van der Waals surface area contributed by atoms with E-state index in [-0.39, 0.29) is 17.2 Å². The van der Waals surface area contributed by atoms with Gasteiger partial charge in [-0.05, 0) is 31.2 Å². The average Bonchev–Trinajstić information content (AvgIpc) is 3.20. The van der Waals surface area contributed by atoms with Crippen molar-refractivity contribution in [3.05, 3.63) is 33.4 Å². The maximum absolute atomic E-state index is 13.2. The summed E-state index contributed by atoms with van der Waals surface area (Å²) >= 11 is 2.99. The van der Waals surface area contributed by atoms with Crippen LogP contribution in [0.15, 0.2) is 22.6 Å². The molecule has 2 aromatic rings. The van der Waals surface area contributed by atoms with E-state index in [4.69, 9.17) is 4.98 Å². The first kappa shape index (κ1) is 19.2. The molecule has 2 heterocycles. The highest BCUT2D eigenvalue weighted by Gasteiger charge is 2.23. The molecule has 3 rings (SSSR count). The van der Waals surface area contributed by atoms with Gasteiger partial charge in [-0.15, -0.1) is 17.9 Å². The number of thiophene rings is 1. The lowest BCUT2D eigenvalue weighted by Crippen LogP contribution is -2.27. The van der Waals surface area contributed by atoms with Gasteiger partial charge in [-0.1, -0.05) is 37.6 Å². The van der Waals surface area contributed by atoms with Crippen LogP contribution in [0.3, 0.4) is 0 Å². The molecule has 1 aliphatic carbocycles. The highest BCUT2D eigenvalue weighted by molar-refractivity contribution is 7.99. The first-order chi connectivity index (χ1) is 12.7. The quantitative estimate of drug-likeness (QED) is 0.307. The average molecular weight is 392 g/mol. The Morgan fingerprint density at radius 1 is 1.42 bits per heavy atom. The number of hydrogen-bond donors (Lipinski definition) is 1. The molecule has 0 radical (unpaired) electrons. The van der Waals surface area contributed by atoms with E-state index in [1.54, 1.807) is 22.0 Å². The number of nitrogens with zero attached hydrogens (tertiary/aromatic N) is 2. The molecule has 0 aliphatic heterocycles. The van der Waals surface area contributed by atoms with Crippen LogP contribution in [0.4, 0.5) is 0 Å². The minimum absolute atomic E-state index is 0.0690. The molecular formula is C19H25N3O2S2. The third kappa shape index (κ3) is 4.04. The molecule has 7 heteroatoms. The molecule has 140 valence electrons. The summed E-state index contributed by atoms with van der Waals surface area (Å²) in [5.74, 6) is 0.183. The van der Waals surface area contributed by atoms with Crippen LogP contribution >= 0.6 is 23.1 Å². The lowest BCUT2D eigenvalue weighted by atomic mass is 10.2. The Labute approximate surface area is 161 Å². The first-order valence-electron chi connectivity index (χ1n) is 9.21. The van der Waals surface area contributed by atoms with Gasteiger partial charge in [0.25, 0.3) is 5.56 Å². The maximum Gasteiger partial charge on any atom is 0.263 e. The monoisotopic (exact) mass is 391 g/mol. The maximum atomic E-state index is 13.2. The van der Waals surface area contributed by atoms with E-state index < -0.39 is 0 Å². The highest BCUT2D eigenvalue weighted by atomic mass is 32.2. The predicted molar refractivity (Wildman–Crippen MR) is 109 cm³/mol. The molecule has 26 heavy (non-hydrogen) atoms. The summed E-state index contributed by atoms with van der Waals surface area (Å²) in [6, 6.07) is 0. The van der Waals surface area contributed by atoms with Crippen LogP contribution < -0.4 is 10.9 Å². The van der Waals surface area contributed by atoms with E-state index in [0.717, 1.165) is 48.7 Å². The number of hydrogen-bond acceptors (Lipinski definition) is 5. The zero-order valence-corrected chi connectivity index (χ0v) is 16.8. The van der Waals surface area contributed by atoms with Crippen LogP contribution in [-0.2, 0) is 24.2 Å². The lowest BCUT2D eigenvalue weighted by Gasteiger charge is -2.12. The topological polar surface area (TPSA) is 64.0 Å². The van der Waals surface area contributed by atoms with Gasteiger partial charge in [-0.25, -0.2) is 4.98 Å². The largest absolute Gasteiger partial charge is 0.352 e. The van der Waals surface area contributed by atoms with Gasteiger partial charge in [0.05, 0.1) is 11.1 Å². The van der Waals surface area contributed by atoms with Crippen molar-refractivity contribution < 1.29 is 4.79 Å². The van der Waals surface area contributed by atoms with E-state index in [0.29, 0.717) is 18.2 Å². The summed E-state index contributed by atoms with van der Waals surface area (Å²) in [6.07, 6.45) is 7.95. The molecule has 0 spiro atoms. The zero-order valence-electron chi connectivity index (χ0n) is 15.2. The van der Waals surface area contributed by atoms with Gasteiger partial charge in [0, 0.05) is 18.0 Å². The number of nitrogens with one attached hydrogen (secondary N) is 1. The molecule has 0 atom stereocenters. The molecule has 0 saturated carbocycles. The van der Waals surface area contributed by atoms with Crippen LogP contribution in [0.1, 0.15) is 43.0 Å². The molecule has 0 aromatic carbocycles. The van der Waals surface area contributed by atoms with E-state index in [1.807, 2.05) is 0 Å². The minimum Gasteiger partial charge on any atom is -0.352 e. The van der Waals surface area contributed by atoms with Crippen LogP contribution in [0.25, 0.3) is 10.2 Å². The van der Waals surface area contributed by atoms with Gasteiger partial charge in [0.2, 0.25) is 5.91 Å². The fourth-order valence-corrected chi connectivity index (χ4v) is 5.41. The van der Waals surface area contributed by atoms with E-state index >= 15 is 0 Å². The third-order valence-corrected chi connectivity index (χ3v) is 6.71. The van der Waals surface area contributed by atoms with Crippen molar-refractivity contribution in [1.29, 1.82) is 0 Å². The van der Waals surface area contributed by atoms with Crippen molar-refractivity contribution in [2.75, 3.05) is 12.3 Å². The Balaban J connectivity index is 1.91. The van der Waals surface area contributed by atoms with Gasteiger partial charge in [0.1, 0.15) is 4.83 Å². The van der Waals surface area contributed by atoms with Crippen LogP contribution in [0, 0.1) is 0 Å². The second-order valence-electron chi connectivity index (χ2n) is 6.48. The number of unbranched alkanes of at least 4 members (excludes halogenated alkanes) is 2. The number of carbonyl (C=O) groups is 1. The molecule has 1 N–H and O–H groups in total. The predicted octanol–water partition coefficient (Wildman–Crippen LogP) is 3.53. The van der Waals surface area contributed by atoms with E-state index in [2.05, 4.69) is 18.8 Å². The summed E-state index contributed by atoms with van der Waals surface area (Å²) in [6.45, 7) is 6.86. The van der Waals surface area contributed by atoms with Gasteiger partial charge in [0.15, 0.2) is 5.16 Å². The Morgan fingerprint density at radius 3 is 3.04 bits per heavy atom. The number of aromatic nitrogens is 2. The van der Waals surface area contributed by atoms with Crippen molar-refractivity contribution >= 4 is 39.2 Å². The zero-order chi connectivity index (χ0) is 18.5. The van der Waals surface area contributed by atoms with E-state index in [1.165, 1.54) is 22.2 Å². The van der Waals surface area contributed by atoms with Crippen molar-refractivity contribution in [1.82, 2.24) is 14.9 Å². The van der Waals surface area contributed by atoms with Crippen LogP contribution in [-0.4, -0.2) is 27.8 Å². The van der Waals surface area contributed by atoms with Crippen molar-refractivity contribution in [2.24, 2.45) is 0 Å². The molecule has 0 unspecified atom stereocenters. The number of rotatable bonds is 9. The minimum atomic E-state index is -0.0713. The van der Waals surface area contributed by atoms with Gasteiger partial charge in [-0.2, -0.15) is 0 Å². The summed E-state index contributed by atoms with van der Waals surface area (Å²) in [7, 11) is 0. The molecular weight excluding hydrogens is 366 g/mol. The fourth-order valence-electron chi connectivity index (χ4n) is 3.25. The highest BCUT2D eigenvalue weighted by Crippen LogP contribution is 2.35. The summed E-state index contributed by atoms with van der Waals surface area (Å²) < 4.78 is 1.79. The second kappa shape index (κ2) is 8.86. The fraction of sp³-hybridized carbons (Fsp3) is 0.526. The molecule has 2 aromatic heterocycles. The van der Waals surface area contributed by atoms with E-state index in [9.17, 15) is 9.59 Å². The van der Waals surface area contributed by atoms with Crippen LogP contribution in [0.2, 0.25) is 0 Å². The molecule has 0 fully saturated rings. The lowest BCUT2D eigenvalue weighted by molar-refractivity contribution is -0.118. The normalized spacial score (nSPS) is 13.1. The number of thioether (sulfide) groups is 1. The van der Waals surface area contributed by atoms with Gasteiger partial charge >= 0.3 is 0 Å². The van der Waals surface area contributed by atoms with Crippen molar-refractivity contribution in [3.8, 4) is 0 Å². The first-order valence-corrected chi connectivity index (χ1v) is 11.0. The second-order valence-corrected chi connectivity index (χ2v) is 8.50. The molecule has 5 nitrogen and oxygen atoms in total. The Morgan fingerprint density at radius 2 is 2.27 bits per heavy atom. The van der Waals surface area contributed by atoms with Gasteiger partial charge in [-0.3, -0.25) is 14.2 Å². The number of amides is 1. The third-order valence-electron chi connectivity index (χ3n) is 4.55. The smallest absolute Gasteiger partial charge is 0.263 e. The van der Waals surface area contributed by atoms with Gasteiger partial charge < -0.3 is 5.32 Å². The number of carbonyl (C=O) groups excluding carboxylic acids is 1. The van der Waals surface area contributed by atoms with Crippen LogP contribution in [0.5, 0.6) is 0 Å². The van der Waals surface area contributed by atoms with Crippen molar-refractivity contribution in [3.63, 3.8) is 0 Å². The molecule has 1 amide bonds. The Kier molecular flexibility index (Phi) is 6.53. The summed E-state index contributed by atoms with van der Waals surface area (Å²) in [5, 5.41) is 4.25. The Hall–Kier alpha value is -1.60. The molecule has 0 saturated heterocycles. The summed E-state index contributed by atoms with van der Waals surface area (Å²) in [5.41, 5.74) is 1.28.